The maximum Gasteiger partial charge on any atom is 0.554 e. The highest BCUT2D eigenvalue weighted by molar-refractivity contribution is 7.12. The van der Waals surface area contributed by atoms with Gasteiger partial charge in [-0.15, -0.1) is 45.3 Å². The SMILES string of the molecule is [2H]C([2H])([2H])C1=C(C)C2=[N+]3C1=C(C(F)(F)F)c1c(C)c(C([2H])([2H])[2H])c4n1C31n3c(c(C)c(C)c3=C(C)C3=[N+]1C(=C4C(F)(F)F)C(C([2H])([2H])[2H])=C3C)=C2C.[2H]C([2H])([2H])C1=C2C=C(C)C3=[N+]2C24n5c(cc(C(F)(F)F)c5C(C([2H])([2H])[2H])=C5C=C(C)C1=[N+]52)C(C)=c1c(C)cc(n14)=C3C.[2H]C([2H])([2H])C1=CC2=C(c3cccs3)c3c(C)cc4n3C35n6c(cc(C)c6=C(c6cccs6)C6=[N+]3C(=C4c3cccs3)C(C)=C6)=C(c3cccs3)C1=[N+]25. The van der Waals surface area contributed by atoms with Crippen LogP contribution in [0.2, 0.25) is 0 Å². The van der Waals surface area contributed by atoms with Crippen molar-refractivity contribution in [2.24, 2.45) is 0 Å². The van der Waals surface area contributed by atoms with E-state index in [4.69, 9.17) is 24.7 Å². The van der Waals surface area contributed by atoms with Gasteiger partial charge in [-0.1, -0.05) is 51.7 Å². The topological polar surface area (TPSA) is 47.6 Å². The number of thiophene rings is 4. The summed E-state index contributed by atoms with van der Waals surface area (Å²) >= 11 is 6.92. The predicted octanol–water partition coefficient (Wildman–Crippen LogP) is 18.6. The molecular weight excluding hydrogens is 1700 g/mol. The van der Waals surface area contributed by atoms with Crippen LogP contribution in [0.1, 0.15) is 219 Å². The van der Waals surface area contributed by atoms with Gasteiger partial charge in [-0.3, -0.25) is 0 Å². The molecule has 0 N–H and O–H groups in total. The average molecular weight is 1810 g/mol. The zero-order valence-electron chi connectivity index (χ0n) is 88.9. The van der Waals surface area contributed by atoms with Crippen molar-refractivity contribution in [2.75, 3.05) is 0 Å². The lowest BCUT2D eigenvalue weighted by atomic mass is 9.96. The van der Waals surface area contributed by atoms with E-state index in [1.807, 2.05) is 42.1 Å². The second-order valence-electron chi connectivity index (χ2n) is 35.7. The van der Waals surface area contributed by atoms with Gasteiger partial charge in [0.1, 0.15) is 0 Å². The Morgan fingerprint density at radius 3 is 1.34 bits per heavy atom. The summed E-state index contributed by atoms with van der Waals surface area (Å²) in [4.78, 5) is 4.61. The van der Waals surface area contributed by atoms with Gasteiger partial charge in [-0.05, 0) is 260 Å². The van der Waals surface area contributed by atoms with E-state index in [-0.39, 0.29) is 39.5 Å². The summed E-state index contributed by atoms with van der Waals surface area (Å²) in [5, 5.41) is 13.0. The Bertz CT molecular complexity index is 9330. The van der Waals surface area contributed by atoms with Gasteiger partial charge in [-0.25, -0.2) is 0 Å². The van der Waals surface area contributed by atoms with Gasteiger partial charge in [0.25, 0.3) is 0 Å². The fraction of sp³-hybridized carbons (Fsp3) is 0.262. The molecule has 18 aliphatic heterocycles. The number of halogens is 9. The minimum Gasteiger partial charge on any atom is -0.199 e. The number of aryl methyl sites for hydroxylation is 3. The van der Waals surface area contributed by atoms with Crippen molar-refractivity contribution in [3.63, 3.8) is 0 Å². The molecule has 28 rings (SSSR count). The number of hydrogen-bond donors (Lipinski definition) is 0. The first-order valence-electron chi connectivity index (χ1n) is 50.7. The molecule has 3 spiro atoms. The molecule has 0 saturated carbocycles. The number of nitrogens with zero attached hydrogens (tertiary/aromatic N) is 12. The second kappa shape index (κ2) is 23.5. The molecular formula is C103H83F9N12S4+6. The van der Waals surface area contributed by atoms with Crippen molar-refractivity contribution >= 4 is 141 Å². The van der Waals surface area contributed by atoms with Crippen LogP contribution in [0.3, 0.4) is 0 Å². The largest absolute Gasteiger partial charge is 0.554 e. The third-order valence-electron chi connectivity index (χ3n) is 29.5. The molecule has 25 heteroatoms. The molecule has 18 aliphatic rings. The molecule has 0 aromatic carbocycles. The van der Waals surface area contributed by atoms with E-state index in [2.05, 4.69) is 127 Å². The molecule has 0 aliphatic carbocycles. The van der Waals surface area contributed by atoms with Crippen LogP contribution in [0.5, 0.6) is 0 Å². The smallest absolute Gasteiger partial charge is 0.199 e. The van der Waals surface area contributed by atoms with Gasteiger partial charge in [0.2, 0.25) is 68.5 Å². The summed E-state index contributed by atoms with van der Waals surface area (Å²) < 4.78 is 317. The minimum atomic E-state index is -5.50. The predicted molar refractivity (Wildman–Crippen MR) is 487 cm³/mol. The molecule has 3 atom stereocenters. The second-order valence-corrected chi connectivity index (χ2v) is 39.5. The zero-order chi connectivity index (χ0) is 104. The molecule has 0 radical (unpaired) electrons. The fourth-order valence-electron chi connectivity index (χ4n) is 25.1. The van der Waals surface area contributed by atoms with E-state index in [0.29, 0.717) is 66.8 Å². The molecule has 10 aromatic heterocycles. The lowest BCUT2D eigenvalue weighted by molar-refractivity contribution is -0.837. The van der Waals surface area contributed by atoms with Crippen molar-refractivity contribution < 1.29 is 91.6 Å². The molecule has 0 saturated heterocycles. The molecule has 10 aromatic rings. The molecule has 28 heterocycles. The van der Waals surface area contributed by atoms with E-state index in [9.17, 15) is 13.2 Å². The minimum absolute atomic E-state index is 0.0189. The number of aromatic nitrogens is 6. The zero-order valence-corrected chi connectivity index (χ0v) is 74.2. The molecule has 0 fully saturated rings. The van der Waals surface area contributed by atoms with Crippen LogP contribution in [0.4, 0.5) is 39.5 Å². The van der Waals surface area contributed by atoms with Crippen molar-refractivity contribution in [3.05, 3.63) is 333 Å². The van der Waals surface area contributed by atoms with Crippen LogP contribution in [-0.4, -0.2) is 101 Å². The maximum atomic E-state index is 15.9. The van der Waals surface area contributed by atoms with E-state index >= 15 is 26.3 Å². The standard InChI is InChI=1S/C41H28N4S4.C33H30F6N4.C29H25F3N4/c1-21-17-25-34(30-10-6-14-47-30)38-23(3)19-27-36(32-12-8-16-49-32)40-24(4)20-28-35(31-11-7-15-48-31)39-22(2)18-26-33(29-9-5-13-46-29)37(21)42(25)41(43(26)39,44(27)38)45(28)40;1-11-12(2)24-20(10)26-14(4)16(6)28-22(32(37,38)39)30-18(8)17(7)29-21(31(34,35)36)27-15(5)13(3)25-19(9)23(11)40(24)33(41(25)27,42(26)28)43(29)30;1-12-8-20-16(5)25-14(3)10-22-18(7)27-19(28(30,31)32)11-23-17(6)26-13(2)9-21-15(4)24(12)33(20)29(34(21)26,35(22)25)36(23)27/h5-20H,1-4H3;1-10H3;8-11H,1-7H3/q3*+2/i1D3;5D3,6D3,7D3;5D3,7D3. The van der Waals surface area contributed by atoms with Crippen molar-refractivity contribution in [2.45, 2.75) is 181 Å². The molecule has 636 valence electrons. The first-order valence-corrected chi connectivity index (χ1v) is 45.2. The van der Waals surface area contributed by atoms with Crippen LogP contribution < -0.4 is 32.1 Å². The third-order valence-corrected chi connectivity index (χ3v) is 33.0. The number of alkyl halides is 9. The normalized spacial score (nSPS) is 25.7. The molecule has 12 nitrogen and oxygen atoms in total. The highest BCUT2D eigenvalue weighted by Gasteiger charge is 2.80. The van der Waals surface area contributed by atoms with E-state index in [0.717, 1.165) is 109 Å². The number of rotatable bonds is 4. The number of allylic oxidation sites excluding steroid dienone is 16. The van der Waals surface area contributed by atoms with Crippen molar-refractivity contribution in [1.82, 2.24) is 27.4 Å². The molecule has 128 heavy (non-hydrogen) atoms. The highest BCUT2D eigenvalue weighted by Crippen LogP contribution is 2.63. The molecule has 0 bridgehead atoms. The quantitative estimate of drug-likeness (QED) is 0.125. The summed E-state index contributed by atoms with van der Waals surface area (Å²) in [6.45, 7) is 8.39. The summed E-state index contributed by atoms with van der Waals surface area (Å²) in [7, 11) is 0. The lowest BCUT2D eigenvalue weighted by Crippen LogP contribution is -2.72. The van der Waals surface area contributed by atoms with Gasteiger partial charge in [0.15, 0.2) is 11.1 Å². The monoisotopic (exact) mass is 1800 g/mol. The van der Waals surface area contributed by atoms with Crippen LogP contribution in [0.15, 0.2) is 203 Å². The van der Waals surface area contributed by atoms with Gasteiger partial charge >= 0.3 is 36.3 Å². The average Bonchev–Trinajstić information content (AvgIpc) is 1.44. The Balaban J connectivity index is 0.000000112. The first kappa shape index (κ1) is 60.7. The Hall–Kier alpha value is -12.0. The van der Waals surface area contributed by atoms with Crippen molar-refractivity contribution in [3.8, 4) is 0 Å². The van der Waals surface area contributed by atoms with Crippen LogP contribution in [0.25, 0.3) is 61.3 Å². The summed E-state index contributed by atoms with van der Waals surface area (Å²) in [6.07, 6.45) is -8.06. The van der Waals surface area contributed by atoms with E-state index in [1.54, 1.807) is 108 Å². The van der Waals surface area contributed by atoms with Gasteiger partial charge < -0.3 is 0 Å². The Morgan fingerprint density at radius 2 is 0.797 bits per heavy atom. The van der Waals surface area contributed by atoms with Gasteiger partial charge in [-0.2, -0.15) is 66.9 Å². The van der Waals surface area contributed by atoms with Crippen LogP contribution in [0, 0.1) is 48.4 Å². The summed E-state index contributed by atoms with van der Waals surface area (Å²) in [6, 6.07) is 25.0. The highest BCUT2D eigenvalue weighted by atomic mass is 32.1. The van der Waals surface area contributed by atoms with Crippen LogP contribution >= 0.6 is 45.3 Å². The Kier molecular flexibility index (Phi) is 11.1. The molecule has 0 amide bonds. The third kappa shape index (κ3) is 8.02. The molecule has 3 unspecified atom stereocenters. The number of hydrogen-bond acceptors (Lipinski definition) is 4. The maximum absolute atomic E-state index is 15.9. The fourth-order valence-corrected chi connectivity index (χ4v) is 28.3. The lowest BCUT2D eigenvalue weighted by Gasteiger charge is -2.41. The Labute approximate surface area is 770 Å². The summed E-state index contributed by atoms with van der Waals surface area (Å²) in [5.74, 6) is -5.07. The van der Waals surface area contributed by atoms with E-state index in [1.165, 1.54) is 67.1 Å². The van der Waals surface area contributed by atoms with E-state index < -0.39 is 150 Å². The van der Waals surface area contributed by atoms with Crippen LogP contribution in [-0.2, 0) is 23.9 Å². The Morgan fingerprint density at radius 1 is 0.312 bits per heavy atom. The van der Waals surface area contributed by atoms with Crippen molar-refractivity contribution in [1.29, 1.82) is 0 Å². The van der Waals surface area contributed by atoms with Gasteiger partial charge in [0, 0.05) is 135 Å². The summed E-state index contributed by atoms with van der Waals surface area (Å²) in [5.41, 5.74) is 9.36. The van der Waals surface area contributed by atoms with Gasteiger partial charge in [0.05, 0.1) is 99.7 Å². The first-order chi connectivity index (χ1) is 68.0.